The lowest BCUT2D eigenvalue weighted by Gasteiger charge is -2.46. The van der Waals surface area contributed by atoms with Crippen molar-refractivity contribution in [3.63, 3.8) is 0 Å². The minimum atomic E-state index is -0.814. The topological polar surface area (TPSA) is 157 Å². The first-order valence-corrected chi connectivity index (χ1v) is 10.7. The van der Waals surface area contributed by atoms with Gasteiger partial charge in [-0.3, -0.25) is 15.1 Å². The second-order valence-corrected chi connectivity index (χ2v) is 7.93. The molecule has 2 amide bonds. The number of hydrazine groups is 1. The Labute approximate surface area is 191 Å². The molecule has 2 aliphatic rings. The number of carbonyl (C=O) groups excluding carboxylic acids is 2. The van der Waals surface area contributed by atoms with Gasteiger partial charge < -0.3 is 20.9 Å². The van der Waals surface area contributed by atoms with E-state index in [4.69, 9.17) is 32.5 Å². The molecule has 12 heteroatoms. The van der Waals surface area contributed by atoms with Crippen LogP contribution in [0.4, 0.5) is 10.5 Å². The Morgan fingerprint density at radius 1 is 1.25 bits per heavy atom. The molecule has 1 heterocycles. The van der Waals surface area contributed by atoms with Crippen LogP contribution in [-0.2, 0) is 4.74 Å². The maximum atomic E-state index is 13.2. The lowest BCUT2D eigenvalue weighted by atomic mass is 9.86. The second kappa shape index (κ2) is 9.51. The molecule has 1 aromatic rings. The van der Waals surface area contributed by atoms with Crippen LogP contribution >= 0.6 is 11.6 Å². The van der Waals surface area contributed by atoms with Crippen molar-refractivity contribution < 1.29 is 19.1 Å². The summed E-state index contributed by atoms with van der Waals surface area (Å²) < 4.78 is 10.4. The van der Waals surface area contributed by atoms with E-state index in [2.05, 4.69) is 20.8 Å². The van der Waals surface area contributed by atoms with Crippen LogP contribution in [0.2, 0.25) is 5.02 Å². The number of methoxy groups -OCH3 is 1. The van der Waals surface area contributed by atoms with Gasteiger partial charge >= 0.3 is 6.09 Å². The van der Waals surface area contributed by atoms with Gasteiger partial charge in [0.25, 0.3) is 5.91 Å². The number of benzene rings is 1. The fraction of sp³-hybridized carbons (Fsp3) is 0.500. The fourth-order valence-corrected chi connectivity index (χ4v) is 4.34. The minimum absolute atomic E-state index is 0.0836. The number of anilines is 1. The third kappa shape index (κ3) is 4.38. The van der Waals surface area contributed by atoms with E-state index in [-0.39, 0.29) is 24.1 Å². The zero-order chi connectivity index (χ0) is 23.5. The summed E-state index contributed by atoms with van der Waals surface area (Å²) in [7, 11) is 1.46. The molecule has 0 atom stereocenters. The monoisotopic (exact) mass is 465 g/mol. The molecule has 0 radical (unpaired) electrons. The molecule has 6 N–H and O–H groups in total. The van der Waals surface area contributed by atoms with Gasteiger partial charge in [-0.1, -0.05) is 18.0 Å². The minimum Gasteiger partial charge on any atom is -0.494 e. The van der Waals surface area contributed by atoms with Crippen molar-refractivity contribution in [2.75, 3.05) is 18.6 Å². The molecular weight excluding hydrogens is 438 g/mol. The van der Waals surface area contributed by atoms with E-state index in [1.807, 2.05) is 0 Å². The summed E-state index contributed by atoms with van der Waals surface area (Å²) in [5, 5.41) is 0.306. The van der Waals surface area contributed by atoms with E-state index in [0.29, 0.717) is 34.9 Å². The highest BCUT2D eigenvalue weighted by atomic mass is 35.5. The van der Waals surface area contributed by atoms with Crippen molar-refractivity contribution in [1.82, 2.24) is 10.9 Å². The molecule has 1 aromatic carbocycles. The summed E-state index contributed by atoms with van der Waals surface area (Å²) in [5.41, 5.74) is 17.0. The molecule has 1 aliphatic carbocycles. The fourth-order valence-electron chi connectivity index (χ4n) is 4.15. The molecule has 0 saturated heterocycles. The molecular formula is C20H28ClN7O4. The molecule has 0 aromatic heterocycles. The van der Waals surface area contributed by atoms with Crippen LogP contribution in [0.1, 0.15) is 54.9 Å². The Morgan fingerprint density at radius 2 is 1.94 bits per heavy atom. The summed E-state index contributed by atoms with van der Waals surface area (Å²) in [6.07, 6.45) is 3.39. The van der Waals surface area contributed by atoms with E-state index in [1.54, 1.807) is 24.8 Å². The number of halogens is 1. The molecule has 11 nitrogen and oxygen atoms in total. The van der Waals surface area contributed by atoms with Crippen LogP contribution in [0.25, 0.3) is 0 Å². The van der Waals surface area contributed by atoms with Crippen molar-refractivity contribution in [1.29, 1.82) is 0 Å². The van der Waals surface area contributed by atoms with Gasteiger partial charge in [-0.25, -0.2) is 15.2 Å². The van der Waals surface area contributed by atoms with Gasteiger partial charge in [-0.2, -0.15) is 4.99 Å². The number of nitrogens with one attached hydrogen (secondary N) is 2. The molecule has 1 spiro atoms. The molecule has 0 bridgehead atoms. The number of carbonyl (C=O) groups is 2. The summed E-state index contributed by atoms with van der Waals surface area (Å²) in [4.78, 5) is 35.4. The number of hydrogen-bond donors (Lipinski definition) is 4. The van der Waals surface area contributed by atoms with Gasteiger partial charge in [-0.15, -0.1) is 0 Å². The van der Waals surface area contributed by atoms with E-state index in [1.165, 1.54) is 7.11 Å². The Hall–Kier alpha value is -3.21. The third-order valence-corrected chi connectivity index (χ3v) is 5.93. The number of amides is 2. The zero-order valence-electron chi connectivity index (χ0n) is 18.3. The van der Waals surface area contributed by atoms with Crippen LogP contribution in [0.5, 0.6) is 5.75 Å². The van der Waals surface area contributed by atoms with E-state index in [0.717, 1.165) is 19.3 Å². The Kier molecular flexibility index (Phi) is 6.97. The average Bonchev–Trinajstić information content (AvgIpc) is 2.74. The third-order valence-electron chi connectivity index (χ3n) is 5.54. The number of rotatable bonds is 4. The number of nitrogens with two attached hydrogens (primary N) is 2. The number of nitrogens with zero attached hydrogens (tertiary/aromatic N) is 3. The molecule has 32 heavy (non-hydrogen) atoms. The van der Waals surface area contributed by atoms with E-state index < -0.39 is 17.7 Å². The summed E-state index contributed by atoms with van der Waals surface area (Å²) in [6.45, 7) is 3.49. The Bertz CT molecular complexity index is 973. The number of hydrogen-bond acceptors (Lipinski definition) is 9. The standard InChI is InChI=1S/C20H28ClN7O4/c1-4-32-19(30)27-26-16(29)14-11(2)12(21)10-13(31-3)15(14)28-18(23)24-17(22)25-20(28)8-6-5-7-9-20/h10H,4-9H2,1-3H3,(H,26,29)(H,27,30)(H4,22,23,24,25). The number of aliphatic imine (C=N–C) groups is 2. The largest absolute Gasteiger partial charge is 0.494 e. The van der Waals surface area contributed by atoms with Crippen LogP contribution in [-0.4, -0.2) is 43.3 Å². The van der Waals surface area contributed by atoms with Crippen LogP contribution < -0.4 is 32.0 Å². The lowest BCUT2D eigenvalue weighted by molar-refractivity contribution is 0.0912. The van der Waals surface area contributed by atoms with Gasteiger partial charge in [0.15, 0.2) is 0 Å². The lowest BCUT2D eigenvalue weighted by Crippen LogP contribution is -2.59. The van der Waals surface area contributed by atoms with Crippen molar-refractivity contribution in [2.24, 2.45) is 21.5 Å². The molecule has 174 valence electrons. The van der Waals surface area contributed by atoms with E-state index >= 15 is 0 Å². The summed E-state index contributed by atoms with van der Waals surface area (Å²) >= 11 is 6.40. The highest BCUT2D eigenvalue weighted by molar-refractivity contribution is 6.32. The van der Waals surface area contributed by atoms with Crippen LogP contribution in [0.15, 0.2) is 16.1 Å². The summed E-state index contributed by atoms with van der Waals surface area (Å²) in [5.74, 6) is -0.152. The van der Waals surface area contributed by atoms with Crippen molar-refractivity contribution in [2.45, 2.75) is 51.6 Å². The van der Waals surface area contributed by atoms with Gasteiger partial charge in [0.2, 0.25) is 11.9 Å². The second-order valence-electron chi connectivity index (χ2n) is 7.53. The molecule has 3 rings (SSSR count). The average molecular weight is 466 g/mol. The molecule has 0 unspecified atom stereocenters. The van der Waals surface area contributed by atoms with Crippen LogP contribution in [0.3, 0.4) is 0 Å². The highest BCUT2D eigenvalue weighted by Crippen LogP contribution is 2.46. The maximum absolute atomic E-state index is 13.2. The van der Waals surface area contributed by atoms with Crippen molar-refractivity contribution >= 4 is 41.2 Å². The van der Waals surface area contributed by atoms with E-state index in [9.17, 15) is 9.59 Å². The predicted molar refractivity (Wildman–Crippen MR) is 122 cm³/mol. The first kappa shape index (κ1) is 23.5. The van der Waals surface area contributed by atoms with Gasteiger partial charge in [0.1, 0.15) is 17.1 Å². The summed E-state index contributed by atoms with van der Waals surface area (Å²) in [6, 6.07) is 1.60. The Morgan fingerprint density at radius 3 is 2.56 bits per heavy atom. The Balaban J connectivity index is 2.16. The first-order valence-electron chi connectivity index (χ1n) is 10.3. The smallest absolute Gasteiger partial charge is 0.426 e. The number of guanidine groups is 2. The predicted octanol–water partition coefficient (Wildman–Crippen LogP) is 2.16. The van der Waals surface area contributed by atoms with Crippen LogP contribution in [0, 0.1) is 6.92 Å². The molecule has 1 saturated carbocycles. The highest BCUT2D eigenvalue weighted by Gasteiger charge is 2.45. The molecule has 1 fully saturated rings. The molecule has 1 aliphatic heterocycles. The normalized spacial score (nSPS) is 17.3. The zero-order valence-corrected chi connectivity index (χ0v) is 19.1. The van der Waals surface area contributed by atoms with Crippen molar-refractivity contribution in [3.8, 4) is 5.75 Å². The van der Waals surface area contributed by atoms with Gasteiger partial charge in [0, 0.05) is 11.1 Å². The SMILES string of the molecule is CCOC(=O)NNC(=O)c1c(C)c(Cl)cc(OC)c1N1C(N)=NC(N)=NC12CCCCC2. The quantitative estimate of drug-likeness (QED) is 0.496. The van der Waals surface area contributed by atoms with Gasteiger partial charge in [-0.05, 0) is 45.1 Å². The maximum Gasteiger partial charge on any atom is 0.426 e. The van der Waals surface area contributed by atoms with Crippen molar-refractivity contribution in [3.05, 3.63) is 22.2 Å². The van der Waals surface area contributed by atoms with Gasteiger partial charge in [0.05, 0.1) is 19.3 Å². The first-order chi connectivity index (χ1) is 15.2. The number of ether oxygens (including phenoxy) is 2.